The second kappa shape index (κ2) is 5.97. The molecule has 0 spiro atoms. The lowest BCUT2D eigenvalue weighted by atomic mass is 10.1. The minimum Gasteiger partial charge on any atom is -0.497 e. The molecule has 1 amide bonds. The molecule has 6 heteroatoms. The molecule has 0 aliphatic heterocycles. The average molecular weight is 305 g/mol. The van der Waals surface area contributed by atoms with Crippen molar-refractivity contribution in [3.05, 3.63) is 34.7 Å². The number of ether oxygens (including phenoxy) is 1. The Labute approximate surface area is 126 Å². The van der Waals surface area contributed by atoms with E-state index in [1.165, 1.54) is 6.92 Å². The van der Waals surface area contributed by atoms with Crippen molar-refractivity contribution in [1.82, 2.24) is 0 Å². The maximum atomic E-state index is 11.3. The fourth-order valence-electron chi connectivity index (χ4n) is 2.01. The smallest absolute Gasteiger partial charge is 0.348 e. The molecular weight excluding hydrogens is 290 g/mol. The van der Waals surface area contributed by atoms with E-state index in [0.717, 1.165) is 33.1 Å². The molecule has 110 valence electrons. The third-order valence-corrected chi connectivity index (χ3v) is 4.32. The van der Waals surface area contributed by atoms with E-state index in [9.17, 15) is 14.7 Å². The maximum Gasteiger partial charge on any atom is 0.348 e. The third kappa shape index (κ3) is 3.05. The van der Waals surface area contributed by atoms with Crippen LogP contribution in [-0.4, -0.2) is 24.1 Å². The van der Waals surface area contributed by atoms with Crippen molar-refractivity contribution in [1.29, 1.82) is 0 Å². The van der Waals surface area contributed by atoms with Gasteiger partial charge in [-0.25, -0.2) is 4.79 Å². The Morgan fingerprint density at radius 1 is 1.24 bits per heavy atom. The highest BCUT2D eigenvalue weighted by Gasteiger charge is 2.21. The molecule has 1 aromatic heterocycles. The first-order chi connectivity index (χ1) is 9.93. The number of carbonyl (C=O) groups excluding carboxylic acids is 1. The summed E-state index contributed by atoms with van der Waals surface area (Å²) in [6.07, 6.45) is 0. The van der Waals surface area contributed by atoms with Gasteiger partial charge in [0.2, 0.25) is 5.91 Å². The predicted octanol–water partition coefficient (Wildman–Crippen LogP) is 3.39. The summed E-state index contributed by atoms with van der Waals surface area (Å²) < 4.78 is 5.11. The van der Waals surface area contributed by atoms with Gasteiger partial charge in [-0.3, -0.25) is 4.79 Å². The molecular formula is C15H15NO4S. The second-order valence-electron chi connectivity index (χ2n) is 4.48. The van der Waals surface area contributed by atoms with Crippen LogP contribution in [-0.2, 0) is 4.79 Å². The lowest BCUT2D eigenvalue weighted by molar-refractivity contribution is -0.114. The van der Waals surface area contributed by atoms with Crippen molar-refractivity contribution >= 4 is 28.9 Å². The summed E-state index contributed by atoms with van der Waals surface area (Å²) in [5.41, 5.74) is 2.00. The van der Waals surface area contributed by atoms with E-state index >= 15 is 0 Å². The quantitative estimate of drug-likeness (QED) is 0.908. The lowest BCUT2D eigenvalue weighted by Gasteiger charge is -2.05. The highest BCUT2D eigenvalue weighted by Crippen LogP contribution is 2.40. The van der Waals surface area contributed by atoms with Gasteiger partial charge >= 0.3 is 5.97 Å². The Kier molecular flexibility index (Phi) is 4.28. The topological polar surface area (TPSA) is 75.6 Å². The number of carboxylic acid groups (broad SMARTS) is 1. The van der Waals surface area contributed by atoms with Gasteiger partial charge in [-0.15, -0.1) is 11.3 Å². The molecule has 1 heterocycles. The lowest BCUT2D eigenvalue weighted by Crippen LogP contribution is -2.09. The largest absolute Gasteiger partial charge is 0.497 e. The van der Waals surface area contributed by atoms with Crippen molar-refractivity contribution in [3.63, 3.8) is 0 Å². The summed E-state index contributed by atoms with van der Waals surface area (Å²) in [4.78, 5) is 23.5. The molecule has 2 aromatic rings. The van der Waals surface area contributed by atoms with Crippen molar-refractivity contribution in [2.45, 2.75) is 13.8 Å². The first-order valence-electron chi connectivity index (χ1n) is 6.22. The number of carboxylic acids is 1. The van der Waals surface area contributed by atoms with Gasteiger partial charge in [0, 0.05) is 11.8 Å². The van der Waals surface area contributed by atoms with Gasteiger partial charge in [-0.1, -0.05) is 0 Å². The van der Waals surface area contributed by atoms with Crippen LogP contribution in [0.15, 0.2) is 24.3 Å². The van der Waals surface area contributed by atoms with Crippen LogP contribution in [0.4, 0.5) is 5.69 Å². The van der Waals surface area contributed by atoms with Crippen LogP contribution in [0.3, 0.4) is 0 Å². The summed E-state index contributed by atoms with van der Waals surface area (Å²) >= 11 is 1.15. The number of nitrogens with one attached hydrogen (secondary N) is 1. The fraction of sp³-hybridized carbons (Fsp3) is 0.200. The molecule has 0 aliphatic rings. The zero-order valence-electron chi connectivity index (χ0n) is 11.9. The number of methoxy groups -OCH3 is 1. The minimum absolute atomic E-state index is 0.133. The second-order valence-corrected chi connectivity index (χ2v) is 5.50. The van der Waals surface area contributed by atoms with E-state index in [4.69, 9.17) is 4.74 Å². The monoisotopic (exact) mass is 305 g/mol. The predicted molar refractivity (Wildman–Crippen MR) is 82.3 cm³/mol. The van der Waals surface area contributed by atoms with Gasteiger partial charge in [-0.05, 0) is 42.3 Å². The number of carbonyl (C=O) groups is 2. The van der Waals surface area contributed by atoms with E-state index in [1.54, 1.807) is 14.0 Å². The average Bonchev–Trinajstić information content (AvgIpc) is 2.76. The molecule has 5 nitrogen and oxygen atoms in total. The standard InChI is InChI=1S/C15H15NO4S/c1-8-12(16-9(2)17)14(15(18)19)21-13(8)10-4-6-11(20-3)7-5-10/h4-7H,1-3H3,(H,16,17)(H,18,19). The Morgan fingerprint density at radius 2 is 1.86 bits per heavy atom. The van der Waals surface area contributed by atoms with Gasteiger partial charge in [0.25, 0.3) is 0 Å². The Balaban J connectivity index is 2.53. The summed E-state index contributed by atoms with van der Waals surface area (Å²) in [7, 11) is 1.59. The Bertz CT molecular complexity index is 688. The summed E-state index contributed by atoms with van der Waals surface area (Å²) in [5, 5.41) is 11.9. The number of aromatic carboxylic acids is 1. The molecule has 0 unspecified atom stereocenters. The van der Waals surface area contributed by atoms with Crippen LogP contribution < -0.4 is 10.1 Å². The first-order valence-corrected chi connectivity index (χ1v) is 7.04. The summed E-state index contributed by atoms with van der Waals surface area (Å²) in [6, 6.07) is 7.35. The van der Waals surface area contributed by atoms with Crippen molar-refractivity contribution in [2.75, 3.05) is 12.4 Å². The SMILES string of the molecule is COc1ccc(-c2sc(C(=O)O)c(NC(C)=O)c2C)cc1. The van der Waals surface area contributed by atoms with Crippen molar-refractivity contribution in [2.24, 2.45) is 0 Å². The molecule has 21 heavy (non-hydrogen) atoms. The molecule has 0 aliphatic carbocycles. The third-order valence-electron chi connectivity index (χ3n) is 2.99. The van der Waals surface area contributed by atoms with E-state index in [2.05, 4.69) is 5.32 Å². The van der Waals surface area contributed by atoms with Crippen LogP contribution in [0.5, 0.6) is 5.75 Å². The fourth-order valence-corrected chi connectivity index (χ4v) is 3.12. The van der Waals surface area contributed by atoms with Crippen LogP contribution >= 0.6 is 11.3 Å². The number of rotatable bonds is 4. The number of anilines is 1. The summed E-state index contributed by atoms with van der Waals surface area (Å²) in [6.45, 7) is 3.16. The van der Waals surface area contributed by atoms with Crippen molar-refractivity contribution < 1.29 is 19.4 Å². The molecule has 0 fully saturated rings. The van der Waals surface area contributed by atoms with Crippen LogP contribution in [0.2, 0.25) is 0 Å². The molecule has 1 aromatic carbocycles. The van der Waals surface area contributed by atoms with E-state index in [1.807, 2.05) is 24.3 Å². The molecule has 0 bridgehead atoms. The van der Waals surface area contributed by atoms with Crippen LogP contribution in [0.25, 0.3) is 10.4 Å². The first kappa shape index (κ1) is 15.1. The Morgan fingerprint density at radius 3 is 2.33 bits per heavy atom. The molecule has 2 N–H and O–H groups in total. The summed E-state index contributed by atoms with van der Waals surface area (Å²) in [5.74, 6) is -0.611. The van der Waals surface area contributed by atoms with Crippen LogP contribution in [0, 0.1) is 6.92 Å². The number of hydrogen-bond acceptors (Lipinski definition) is 4. The number of thiophene rings is 1. The van der Waals surface area contributed by atoms with Gasteiger partial charge in [0.05, 0.1) is 12.8 Å². The van der Waals surface area contributed by atoms with Gasteiger partial charge < -0.3 is 15.2 Å². The molecule has 0 saturated heterocycles. The highest BCUT2D eigenvalue weighted by molar-refractivity contribution is 7.18. The minimum atomic E-state index is -1.05. The van der Waals surface area contributed by atoms with Gasteiger partial charge in [0.15, 0.2) is 0 Å². The number of amides is 1. The van der Waals surface area contributed by atoms with E-state index in [-0.39, 0.29) is 10.8 Å². The zero-order chi connectivity index (χ0) is 15.6. The normalized spacial score (nSPS) is 10.2. The molecule has 2 rings (SSSR count). The number of hydrogen-bond donors (Lipinski definition) is 2. The van der Waals surface area contributed by atoms with Crippen LogP contribution in [0.1, 0.15) is 22.2 Å². The number of benzene rings is 1. The van der Waals surface area contributed by atoms with Crippen molar-refractivity contribution in [3.8, 4) is 16.2 Å². The van der Waals surface area contributed by atoms with Gasteiger partial charge in [-0.2, -0.15) is 0 Å². The van der Waals surface area contributed by atoms with E-state index < -0.39 is 5.97 Å². The zero-order valence-corrected chi connectivity index (χ0v) is 12.7. The van der Waals surface area contributed by atoms with E-state index in [0.29, 0.717) is 5.69 Å². The van der Waals surface area contributed by atoms with Gasteiger partial charge in [0.1, 0.15) is 10.6 Å². The Hall–Kier alpha value is -2.34. The molecule has 0 radical (unpaired) electrons. The molecule has 0 atom stereocenters. The maximum absolute atomic E-state index is 11.3. The molecule has 0 saturated carbocycles. The highest BCUT2D eigenvalue weighted by atomic mass is 32.1.